The van der Waals surface area contributed by atoms with Crippen molar-refractivity contribution in [1.29, 1.82) is 0 Å². The summed E-state index contributed by atoms with van der Waals surface area (Å²) in [7, 11) is 0. The molecule has 1 unspecified atom stereocenters. The Kier molecular flexibility index (Phi) is 3.98. The Labute approximate surface area is 108 Å². The van der Waals surface area contributed by atoms with Crippen molar-refractivity contribution in [3.05, 3.63) is 34.2 Å². The number of carboxylic acids is 1. The predicted molar refractivity (Wildman–Crippen MR) is 70.9 cm³/mol. The van der Waals surface area contributed by atoms with Crippen LogP contribution in [0.25, 0.3) is 11.0 Å². The molecule has 0 saturated heterocycles. The van der Waals surface area contributed by atoms with Crippen LogP contribution in [0.1, 0.15) is 12.0 Å². The lowest BCUT2D eigenvalue weighted by Gasteiger charge is -2.10. The number of H-pyrrole nitrogens is 2. The van der Waals surface area contributed by atoms with E-state index < -0.39 is 12.0 Å². The fourth-order valence-corrected chi connectivity index (χ4v) is 1.89. The summed E-state index contributed by atoms with van der Waals surface area (Å²) >= 11 is 0. The van der Waals surface area contributed by atoms with Gasteiger partial charge in [-0.3, -0.25) is 4.79 Å². The first-order chi connectivity index (χ1) is 9.04. The average molecular weight is 264 g/mol. The largest absolute Gasteiger partial charge is 0.481 e. The molecule has 1 heterocycles. The van der Waals surface area contributed by atoms with Crippen molar-refractivity contribution in [2.24, 2.45) is 5.73 Å². The number of aromatic nitrogens is 2. The van der Waals surface area contributed by atoms with Gasteiger partial charge < -0.3 is 26.1 Å². The lowest BCUT2D eigenvalue weighted by molar-refractivity contribution is -0.137. The third kappa shape index (κ3) is 3.67. The Morgan fingerprint density at radius 2 is 2.11 bits per heavy atom. The topological polar surface area (TPSA) is 124 Å². The number of nitrogens with two attached hydrogens (primary N) is 1. The molecule has 102 valence electrons. The number of aliphatic carboxylic acids is 1. The van der Waals surface area contributed by atoms with Gasteiger partial charge in [0.05, 0.1) is 17.5 Å². The molecule has 1 aromatic heterocycles. The molecule has 0 radical (unpaired) electrons. The van der Waals surface area contributed by atoms with Gasteiger partial charge in [-0.1, -0.05) is 6.07 Å². The molecule has 0 aliphatic rings. The van der Waals surface area contributed by atoms with Crippen molar-refractivity contribution < 1.29 is 9.90 Å². The molecule has 0 bridgehead atoms. The summed E-state index contributed by atoms with van der Waals surface area (Å²) in [4.78, 5) is 26.9. The minimum Gasteiger partial charge on any atom is -0.481 e. The third-order valence-electron chi connectivity index (χ3n) is 2.75. The lowest BCUT2D eigenvalue weighted by atomic mass is 10.2. The molecule has 2 aromatic rings. The van der Waals surface area contributed by atoms with Crippen LogP contribution in [-0.2, 0) is 11.3 Å². The number of imidazole rings is 1. The number of nitrogens with one attached hydrogen (secondary N) is 3. The average Bonchev–Trinajstić information content (AvgIpc) is 2.67. The zero-order chi connectivity index (χ0) is 13.8. The molecule has 7 nitrogen and oxygen atoms in total. The van der Waals surface area contributed by atoms with Gasteiger partial charge in [-0.2, -0.15) is 0 Å². The smallest absolute Gasteiger partial charge is 0.323 e. The molecule has 0 amide bonds. The van der Waals surface area contributed by atoms with Gasteiger partial charge in [-0.25, -0.2) is 4.79 Å². The summed E-state index contributed by atoms with van der Waals surface area (Å²) in [6.07, 6.45) is -0.0584. The van der Waals surface area contributed by atoms with Gasteiger partial charge in [-0.15, -0.1) is 0 Å². The van der Waals surface area contributed by atoms with Gasteiger partial charge in [0.25, 0.3) is 0 Å². The molecular formula is C12H16N4O3. The molecular weight excluding hydrogens is 248 g/mol. The van der Waals surface area contributed by atoms with E-state index in [0.29, 0.717) is 13.1 Å². The van der Waals surface area contributed by atoms with Gasteiger partial charge in [0, 0.05) is 19.1 Å². The zero-order valence-corrected chi connectivity index (χ0v) is 10.3. The number of benzene rings is 1. The van der Waals surface area contributed by atoms with E-state index in [9.17, 15) is 9.59 Å². The van der Waals surface area contributed by atoms with Crippen LogP contribution in [0.5, 0.6) is 0 Å². The number of rotatable bonds is 6. The second-order valence-electron chi connectivity index (χ2n) is 4.45. The van der Waals surface area contributed by atoms with Gasteiger partial charge in [-0.05, 0) is 17.7 Å². The summed E-state index contributed by atoms with van der Waals surface area (Å²) in [6.45, 7) is 0.991. The summed E-state index contributed by atoms with van der Waals surface area (Å²) in [5.74, 6) is -0.902. The molecule has 0 saturated carbocycles. The Hall–Kier alpha value is -2.12. The first kappa shape index (κ1) is 13.3. The maximum Gasteiger partial charge on any atom is 0.323 e. The number of fused-ring (bicyclic) bond motifs is 1. The van der Waals surface area contributed by atoms with Crippen LogP contribution in [0.4, 0.5) is 0 Å². The van der Waals surface area contributed by atoms with Crippen LogP contribution in [0, 0.1) is 0 Å². The van der Waals surface area contributed by atoms with Crippen molar-refractivity contribution >= 4 is 17.0 Å². The van der Waals surface area contributed by atoms with Gasteiger partial charge in [0.1, 0.15) is 0 Å². The van der Waals surface area contributed by atoms with Crippen molar-refractivity contribution in [3.63, 3.8) is 0 Å². The first-order valence-corrected chi connectivity index (χ1v) is 5.93. The molecule has 19 heavy (non-hydrogen) atoms. The van der Waals surface area contributed by atoms with Crippen LogP contribution in [-0.4, -0.2) is 33.6 Å². The Morgan fingerprint density at radius 1 is 1.37 bits per heavy atom. The molecule has 0 aliphatic carbocycles. The van der Waals surface area contributed by atoms with Crippen molar-refractivity contribution in [2.45, 2.75) is 19.0 Å². The maximum absolute atomic E-state index is 11.1. The molecule has 0 spiro atoms. The fraction of sp³-hybridized carbons (Fsp3) is 0.333. The van der Waals surface area contributed by atoms with E-state index in [1.165, 1.54) is 0 Å². The minimum absolute atomic E-state index is 0.0584. The molecule has 1 aromatic carbocycles. The number of hydrogen-bond donors (Lipinski definition) is 5. The van der Waals surface area contributed by atoms with Gasteiger partial charge in [0.15, 0.2) is 0 Å². The second-order valence-corrected chi connectivity index (χ2v) is 4.45. The second kappa shape index (κ2) is 5.68. The number of carboxylic acid groups (broad SMARTS) is 1. The van der Waals surface area contributed by atoms with E-state index in [1.807, 2.05) is 18.2 Å². The van der Waals surface area contributed by atoms with E-state index in [-0.39, 0.29) is 12.1 Å². The van der Waals surface area contributed by atoms with Crippen LogP contribution in [0.15, 0.2) is 23.0 Å². The monoisotopic (exact) mass is 264 g/mol. The van der Waals surface area contributed by atoms with E-state index in [4.69, 9.17) is 10.8 Å². The summed E-state index contributed by atoms with van der Waals surface area (Å²) in [6, 6.07) is 5.17. The highest BCUT2D eigenvalue weighted by Gasteiger charge is 2.07. The predicted octanol–water partition coefficient (Wildman–Crippen LogP) is -0.252. The fourth-order valence-electron chi connectivity index (χ4n) is 1.89. The standard InChI is InChI=1S/C12H16N4O3/c13-8(4-11(17)18)6-14-5-7-1-2-9-10(3-7)16-12(19)15-9/h1-3,8,14H,4-6,13H2,(H,17,18)(H2,15,16,19). The van der Waals surface area contributed by atoms with Gasteiger partial charge >= 0.3 is 11.7 Å². The highest BCUT2D eigenvalue weighted by molar-refractivity contribution is 5.74. The minimum atomic E-state index is -0.902. The van der Waals surface area contributed by atoms with Crippen LogP contribution in [0.3, 0.4) is 0 Å². The van der Waals surface area contributed by atoms with E-state index in [0.717, 1.165) is 16.6 Å². The third-order valence-corrected chi connectivity index (χ3v) is 2.75. The SMILES string of the molecule is NC(CNCc1ccc2[nH]c(=O)[nH]c2c1)CC(=O)O. The van der Waals surface area contributed by atoms with Crippen molar-refractivity contribution in [2.75, 3.05) is 6.54 Å². The van der Waals surface area contributed by atoms with E-state index >= 15 is 0 Å². The van der Waals surface area contributed by atoms with Gasteiger partial charge in [0.2, 0.25) is 0 Å². The number of carbonyl (C=O) groups is 1. The summed E-state index contributed by atoms with van der Waals surface area (Å²) < 4.78 is 0. The van der Waals surface area contributed by atoms with Crippen molar-refractivity contribution in [1.82, 2.24) is 15.3 Å². The quantitative estimate of drug-likeness (QED) is 0.492. The number of aromatic amines is 2. The normalized spacial score (nSPS) is 12.7. The Bertz CT molecular complexity index is 631. The molecule has 1 atom stereocenters. The summed E-state index contributed by atoms with van der Waals surface area (Å²) in [5, 5.41) is 11.7. The molecule has 6 N–H and O–H groups in total. The molecule has 7 heteroatoms. The van der Waals surface area contributed by atoms with Crippen LogP contribution >= 0.6 is 0 Å². The van der Waals surface area contributed by atoms with E-state index in [1.54, 1.807) is 0 Å². The Morgan fingerprint density at radius 3 is 2.84 bits per heavy atom. The number of hydrogen-bond acceptors (Lipinski definition) is 4. The molecule has 2 rings (SSSR count). The maximum atomic E-state index is 11.1. The summed E-state index contributed by atoms with van der Waals surface area (Å²) in [5.41, 5.74) is 7.90. The zero-order valence-electron chi connectivity index (χ0n) is 10.3. The van der Waals surface area contributed by atoms with Crippen molar-refractivity contribution in [3.8, 4) is 0 Å². The van der Waals surface area contributed by atoms with Crippen LogP contribution < -0.4 is 16.7 Å². The highest BCUT2D eigenvalue weighted by Crippen LogP contribution is 2.09. The van der Waals surface area contributed by atoms with Crippen LogP contribution in [0.2, 0.25) is 0 Å². The Balaban J connectivity index is 1.91. The van der Waals surface area contributed by atoms with E-state index in [2.05, 4.69) is 15.3 Å². The lowest BCUT2D eigenvalue weighted by Crippen LogP contribution is -2.35. The first-order valence-electron chi connectivity index (χ1n) is 5.93. The molecule has 0 fully saturated rings. The molecule has 0 aliphatic heterocycles. The highest BCUT2D eigenvalue weighted by atomic mass is 16.4.